The Bertz CT molecular complexity index is 5420. The van der Waals surface area contributed by atoms with Crippen molar-refractivity contribution in [2.24, 2.45) is 21.1 Å². The predicted octanol–water partition coefficient (Wildman–Crippen LogP) is 14.6. The fourth-order valence-electron chi connectivity index (χ4n) is 12.9. The molecule has 4 aliphatic heterocycles. The lowest BCUT2D eigenvalue weighted by Gasteiger charge is -2.16. The standard InChI is InChI=1S/C24H19FN2O.C19H15FN2O.C18H15FN4O.C18H16FN3O2S/c1-26-11-10-16-6-7-18(13-23(16)26)17-8-9-20(22(25)12-17)15-27-14-19-4-2-3-5-21(19)24(27)28;20-18-11-16(21-9-3-4-10-21)8-7-15(18)13-22-12-14-5-1-2-6-17(14)19(22)23;1-22-9-14(8-21-22)13-6-16(19)17(20-7-13)11-23-10-12-4-2-3-5-15(12)18(23)24;1-21-10-16(9-20-21)13-6-7-14(17(19)8-13)11-22-12-15-4-2-3-5-18(15)25(22,23)24/h2-13H,14-15H2,1H3;1-11H,12-13H2;2-9H,10-11H2,1H3;2-10H,11-12H2,1H3. The number of fused-ring (bicyclic) bond motifs is 5. The summed E-state index contributed by atoms with van der Waals surface area (Å²) in [6, 6.07) is 58.1. The number of rotatable bonds is 12. The number of halogens is 4. The minimum atomic E-state index is -3.57. The lowest BCUT2D eigenvalue weighted by molar-refractivity contribution is 0.0756. The Morgan fingerprint density at radius 2 is 0.870 bits per heavy atom. The second kappa shape index (κ2) is 27.6. The molecule has 5 aromatic heterocycles. The van der Waals surface area contributed by atoms with Crippen LogP contribution in [-0.4, -0.2) is 78.8 Å². The molecule has 0 unspecified atom stereocenters. The van der Waals surface area contributed by atoms with E-state index in [4.69, 9.17) is 0 Å². The van der Waals surface area contributed by atoms with Gasteiger partial charge in [-0.1, -0.05) is 115 Å². The van der Waals surface area contributed by atoms with E-state index in [2.05, 4.69) is 37.9 Å². The lowest BCUT2D eigenvalue weighted by Crippen LogP contribution is -2.24. The quantitative estimate of drug-likeness (QED) is 0.109. The van der Waals surface area contributed by atoms with E-state index in [1.165, 1.54) is 22.5 Å². The molecule has 500 valence electrons. The Balaban J connectivity index is 0.000000114. The maximum absolute atomic E-state index is 14.8. The molecule has 8 aromatic carbocycles. The van der Waals surface area contributed by atoms with Crippen LogP contribution in [0.15, 0.2) is 249 Å². The molecule has 0 N–H and O–H groups in total. The summed E-state index contributed by atoms with van der Waals surface area (Å²) in [5.41, 5.74) is 14.2. The first-order valence-corrected chi connectivity index (χ1v) is 33.7. The van der Waals surface area contributed by atoms with Crippen LogP contribution in [-0.2, 0) is 83.5 Å². The molecule has 9 heterocycles. The van der Waals surface area contributed by atoms with Crippen LogP contribution >= 0.6 is 0 Å². The van der Waals surface area contributed by atoms with Crippen molar-refractivity contribution in [3.05, 3.63) is 328 Å². The first kappa shape index (κ1) is 65.5. The van der Waals surface area contributed by atoms with Gasteiger partial charge in [0.15, 0.2) is 0 Å². The van der Waals surface area contributed by atoms with Crippen LogP contribution < -0.4 is 0 Å². The Labute approximate surface area is 574 Å². The molecular formula is C79H65F4N11O5S. The fourth-order valence-corrected chi connectivity index (χ4v) is 14.5. The van der Waals surface area contributed by atoms with E-state index in [0.29, 0.717) is 57.9 Å². The minimum absolute atomic E-state index is 0.0101. The number of benzene rings is 8. The molecule has 0 bridgehead atoms. The minimum Gasteiger partial charge on any atom is -0.351 e. The monoisotopic (exact) mass is 1360 g/mol. The van der Waals surface area contributed by atoms with Crippen LogP contribution in [0.25, 0.3) is 50.0 Å². The van der Waals surface area contributed by atoms with Gasteiger partial charge < -0.3 is 23.8 Å². The highest BCUT2D eigenvalue weighted by molar-refractivity contribution is 7.89. The molecular weight excluding hydrogens is 1290 g/mol. The van der Waals surface area contributed by atoms with Crippen LogP contribution in [0, 0.1) is 23.3 Å². The van der Waals surface area contributed by atoms with E-state index >= 15 is 0 Å². The Hall–Kier alpha value is -11.8. The molecule has 0 atom stereocenters. The van der Waals surface area contributed by atoms with Gasteiger partial charge in [-0.2, -0.15) is 14.5 Å². The summed E-state index contributed by atoms with van der Waals surface area (Å²) in [6.07, 6.45) is 14.3. The van der Waals surface area contributed by atoms with Crippen molar-refractivity contribution in [3.8, 4) is 39.1 Å². The summed E-state index contributed by atoms with van der Waals surface area (Å²) in [6.45, 7) is 2.54. The molecule has 0 fully saturated rings. The van der Waals surface area contributed by atoms with Gasteiger partial charge in [-0.25, -0.2) is 26.0 Å². The number of carbonyl (C=O) groups excluding carboxylic acids is 3. The molecule has 0 saturated carbocycles. The van der Waals surface area contributed by atoms with E-state index in [0.717, 1.165) is 72.2 Å². The van der Waals surface area contributed by atoms with Gasteiger partial charge in [-0.05, 0) is 123 Å². The summed E-state index contributed by atoms with van der Waals surface area (Å²) in [7, 11) is 2.03. The van der Waals surface area contributed by atoms with Crippen LogP contribution in [0.4, 0.5) is 17.6 Å². The van der Waals surface area contributed by atoms with Crippen molar-refractivity contribution < 1.29 is 40.4 Å². The molecule has 16 nitrogen and oxygen atoms in total. The third-order valence-electron chi connectivity index (χ3n) is 18.3. The van der Waals surface area contributed by atoms with Crippen molar-refractivity contribution in [1.29, 1.82) is 0 Å². The van der Waals surface area contributed by atoms with E-state index in [9.17, 15) is 40.4 Å². The summed E-state index contributed by atoms with van der Waals surface area (Å²) in [5, 5.41) is 9.31. The molecule has 0 spiro atoms. The molecule has 21 heteroatoms. The number of hydrogen-bond acceptors (Lipinski definition) is 8. The average molecular weight is 1360 g/mol. The number of pyridine rings is 1. The maximum atomic E-state index is 14.8. The lowest BCUT2D eigenvalue weighted by atomic mass is 10.0. The van der Waals surface area contributed by atoms with Crippen LogP contribution in [0.1, 0.15) is 75.7 Å². The Morgan fingerprint density at radius 3 is 1.38 bits per heavy atom. The van der Waals surface area contributed by atoms with Crippen LogP contribution in [0.5, 0.6) is 0 Å². The number of amides is 3. The van der Waals surface area contributed by atoms with Crippen molar-refractivity contribution >= 4 is 38.6 Å². The van der Waals surface area contributed by atoms with Crippen molar-refractivity contribution in [1.82, 2.24) is 52.7 Å². The van der Waals surface area contributed by atoms with E-state index in [-0.39, 0.29) is 67.8 Å². The molecule has 3 amide bonds. The number of nitrogens with zero attached hydrogens (tertiary/aromatic N) is 11. The maximum Gasteiger partial charge on any atom is 0.254 e. The van der Waals surface area contributed by atoms with Gasteiger partial charge in [-0.3, -0.25) is 28.7 Å². The molecule has 0 aliphatic carbocycles. The van der Waals surface area contributed by atoms with Gasteiger partial charge in [0.2, 0.25) is 10.0 Å². The highest BCUT2D eigenvalue weighted by atomic mass is 32.2. The molecule has 0 radical (unpaired) electrons. The van der Waals surface area contributed by atoms with Crippen LogP contribution in [0.3, 0.4) is 0 Å². The van der Waals surface area contributed by atoms with E-state index in [1.807, 2.05) is 127 Å². The van der Waals surface area contributed by atoms with Gasteiger partial charge in [0.1, 0.15) is 23.3 Å². The van der Waals surface area contributed by atoms with Gasteiger partial charge in [-0.15, -0.1) is 0 Å². The van der Waals surface area contributed by atoms with E-state index in [1.54, 1.807) is 130 Å². The molecule has 13 aromatic rings. The third-order valence-corrected chi connectivity index (χ3v) is 20.2. The third kappa shape index (κ3) is 13.5. The number of hydrogen-bond donors (Lipinski definition) is 0. The largest absolute Gasteiger partial charge is 0.351 e. The predicted molar refractivity (Wildman–Crippen MR) is 372 cm³/mol. The topological polar surface area (TPSA) is 157 Å². The fraction of sp³-hybridized carbons (Fsp3) is 0.139. The van der Waals surface area contributed by atoms with Gasteiger partial charge >= 0.3 is 0 Å². The van der Waals surface area contributed by atoms with Crippen molar-refractivity contribution in [3.63, 3.8) is 0 Å². The second-order valence-electron chi connectivity index (χ2n) is 25.0. The molecule has 17 rings (SSSR count). The Kier molecular flexibility index (Phi) is 18.1. The smallest absolute Gasteiger partial charge is 0.254 e. The molecule has 100 heavy (non-hydrogen) atoms. The van der Waals surface area contributed by atoms with Crippen LogP contribution in [0.2, 0.25) is 0 Å². The van der Waals surface area contributed by atoms with Crippen molar-refractivity contribution in [2.75, 3.05) is 0 Å². The number of sulfonamides is 1. The normalized spacial score (nSPS) is 14.1. The highest BCUT2D eigenvalue weighted by Gasteiger charge is 2.35. The second-order valence-corrected chi connectivity index (χ2v) is 26.9. The number of carbonyl (C=O) groups is 3. The number of aromatic nitrogens is 7. The zero-order chi connectivity index (χ0) is 69.3. The van der Waals surface area contributed by atoms with Crippen molar-refractivity contribution in [2.45, 2.75) is 57.3 Å². The number of aryl methyl sites for hydroxylation is 3. The molecule has 0 saturated heterocycles. The zero-order valence-electron chi connectivity index (χ0n) is 54.6. The Morgan fingerprint density at radius 1 is 0.410 bits per heavy atom. The zero-order valence-corrected chi connectivity index (χ0v) is 55.4. The van der Waals surface area contributed by atoms with Gasteiger partial charge in [0, 0.05) is 165 Å². The SMILES string of the molecule is Cn1cc(-c2ccc(CN3Cc4ccccc4S3(=O)=O)c(F)c2)cn1.Cn1cc(-c2cnc(CN3Cc4ccccc4C3=O)c(F)c2)cn1.Cn1ccc2ccc(-c3ccc(CN4Cc5ccccc5C4=O)c(F)c3)cc21.O=C1c2ccccc2CN1Cc1ccc(-n2cccc2)cc1F. The highest BCUT2D eigenvalue weighted by Crippen LogP contribution is 2.35. The summed E-state index contributed by atoms with van der Waals surface area (Å²) < 4.78 is 91.9. The van der Waals surface area contributed by atoms with Gasteiger partial charge in [0.25, 0.3) is 17.7 Å². The van der Waals surface area contributed by atoms with E-state index < -0.39 is 21.7 Å². The van der Waals surface area contributed by atoms with Gasteiger partial charge in [0.05, 0.1) is 29.5 Å². The first-order valence-electron chi connectivity index (χ1n) is 32.2. The summed E-state index contributed by atoms with van der Waals surface area (Å²) in [4.78, 5) is 46.8. The summed E-state index contributed by atoms with van der Waals surface area (Å²) in [5.74, 6) is -1.56. The average Bonchev–Trinajstić information content (AvgIpc) is 1.60. The summed E-state index contributed by atoms with van der Waals surface area (Å²) >= 11 is 0. The first-order chi connectivity index (χ1) is 48.4. The molecule has 4 aliphatic rings.